The van der Waals surface area contributed by atoms with Crippen molar-refractivity contribution in [3.8, 4) is 15.6 Å². The Balaban J connectivity index is 1.48. The number of aromatic hydroxyl groups is 1. The van der Waals surface area contributed by atoms with Crippen molar-refractivity contribution in [1.82, 2.24) is 20.6 Å². The number of pyridine rings is 1. The van der Waals surface area contributed by atoms with Gasteiger partial charge in [-0.3, -0.25) is 9.59 Å². The smallest absolute Gasteiger partial charge is 0.273 e. The molecule has 2 amide bonds. The monoisotopic (exact) mass is 408 g/mol. The molecule has 134 valence electrons. The predicted octanol–water partition coefficient (Wildman–Crippen LogP) is 2.79. The molecular formula is C16H13ClN4O3S2. The molecule has 0 saturated heterocycles. The first-order chi connectivity index (χ1) is 12.5. The molecule has 7 nitrogen and oxygen atoms in total. The summed E-state index contributed by atoms with van der Waals surface area (Å²) in [6.07, 6.45) is 1.41. The summed E-state index contributed by atoms with van der Waals surface area (Å²) < 4.78 is 0.663. The number of hydrogen-bond acceptors (Lipinski definition) is 7. The average molecular weight is 409 g/mol. The third kappa shape index (κ3) is 4.37. The highest BCUT2D eigenvalue weighted by molar-refractivity contribution is 7.23. The molecule has 0 fully saturated rings. The summed E-state index contributed by atoms with van der Waals surface area (Å²) in [5.41, 5.74) is 0.251. The van der Waals surface area contributed by atoms with E-state index in [-0.39, 0.29) is 30.4 Å². The Kier molecular flexibility index (Phi) is 5.82. The summed E-state index contributed by atoms with van der Waals surface area (Å²) in [5, 5.41) is 17.2. The lowest BCUT2D eigenvalue weighted by molar-refractivity contribution is 0.0921. The Hall–Kier alpha value is -2.49. The molecule has 0 saturated carbocycles. The molecule has 0 bridgehead atoms. The molecular weight excluding hydrogens is 396 g/mol. The first-order valence-corrected chi connectivity index (χ1v) is 9.53. The molecule has 0 radical (unpaired) electrons. The van der Waals surface area contributed by atoms with Crippen molar-refractivity contribution in [2.45, 2.75) is 0 Å². The van der Waals surface area contributed by atoms with E-state index in [4.69, 9.17) is 11.6 Å². The molecule has 3 aromatic rings. The van der Waals surface area contributed by atoms with Crippen molar-refractivity contribution in [2.24, 2.45) is 0 Å². The summed E-state index contributed by atoms with van der Waals surface area (Å²) in [5.74, 6) is -1.04. The molecule has 3 N–H and O–H groups in total. The highest BCUT2D eigenvalue weighted by atomic mass is 35.5. The highest BCUT2D eigenvalue weighted by Crippen LogP contribution is 2.32. The van der Waals surface area contributed by atoms with Crippen LogP contribution in [0.5, 0.6) is 5.75 Å². The number of thiazole rings is 1. The topological polar surface area (TPSA) is 104 Å². The van der Waals surface area contributed by atoms with Crippen LogP contribution in [0.1, 0.15) is 21.0 Å². The minimum Gasteiger partial charge on any atom is -0.505 e. The molecule has 0 aliphatic carbocycles. The molecule has 3 heterocycles. The van der Waals surface area contributed by atoms with Crippen LogP contribution in [-0.2, 0) is 0 Å². The zero-order valence-electron chi connectivity index (χ0n) is 13.2. The quantitative estimate of drug-likeness (QED) is 0.544. The standard InChI is InChI=1S/C16H13ClN4O3S2/c17-12-4-3-11(26-12)16-21-9(8-25-16)14(23)19-6-7-20-15(24)13-10(22)2-1-5-18-13/h1-5,8,22H,6-7H2,(H,19,23)(H,20,24). The average Bonchev–Trinajstić information content (AvgIpc) is 3.27. The summed E-state index contributed by atoms with van der Waals surface area (Å²) in [6, 6.07) is 6.55. The van der Waals surface area contributed by atoms with Crippen LogP contribution >= 0.6 is 34.3 Å². The zero-order valence-corrected chi connectivity index (χ0v) is 15.6. The van der Waals surface area contributed by atoms with Crippen molar-refractivity contribution < 1.29 is 14.7 Å². The first-order valence-electron chi connectivity index (χ1n) is 7.46. The van der Waals surface area contributed by atoms with Gasteiger partial charge < -0.3 is 15.7 Å². The van der Waals surface area contributed by atoms with E-state index in [2.05, 4.69) is 20.6 Å². The van der Waals surface area contributed by atoms with Gasteiger partial charge in [0.2, 0.25) is 0 Å². The van der Waals surface area contributed by atoms with Crippen LogP contribution < -0.4 is 10.6 Å². The number of nitrogens with zero attached hydrogens (tertiary/aromatic N) is 2. The largest absolute Gasteiger partial charge is 0.505 e. The van der Waals surface area contributed by atoms with Crippen molar-refractivity contribution in [3.05, 3.63) is 51.6 Å². The van der Waals surface area contributed by atoms with E-state index in [0.29, 0.717) is 10.0 Å². The predicted molar refractivity (Wildman–Crippen MR) is 101 cm³/mol. The lowest BCUT2D eigenvalue weighted by Gasteiger charge is -2.06. The molecule has 0 unspecified atom stereocenters. The molecule has 0 aliphatic rings. The van der Waals surface area contributed by atoms with Crippen LogP contribution in [0.4, 0.5) is 0 Å². The molecule has 10 heteroatoms. The van der Waals surface area contributed by atoms with Crippen LogP contribution in [0.3, 0.4) is 0 Å². The summed E-state index contributed by atoms with van der Waals surface area (Å²) in [7, 11) is 0. The summed E-state index contributed by atoms with van der Waals surface area (Å²) in [4.78, 5) is 33.0. The van der Waals surface area contributed by atoms with Gasteiger partial charge >= 0.3 is 0 Å². The maximum Gasteiger partial charge on any atom is 0.273 e. The maximum absolute atomic E-state index is 12.1. The van der Waals surface area contributed by atoms with Crippen LogP contribution in [0, 0.1) is 0 Å². The first kappa shape index (κ1) is 18.3. The fourth-order valence-electron chi connectivity index (χ4n) is 2.02. The molecule has 0 atom stereocenters. The SMILES string of the molecule is O=C(NCCNC(=O)c1ncccc1O)c1csc(-c2ccc(Cl)s2)n1. The minimum atomic E-state index is -0.511. The minimum absolute atomic E-state index is 0.0578. The Bertz CT molecular complexity index is 941. The number of carbonyl (C=O) groups is 2. The van der Waals surface area contributed by atoms with Gasteiger partial charge in [-0.15, -0.1) is 22.7 Å². The van der Waals surface area contributed by atoms with Crippen molar-refractivity contribution >= 4 is 46.1 Å². The van der Waals surface area contributed by atoms with Gasteiger partial charge in [0.15, 0.2) is 5.69 Å². The van der Waals surface area contributed by atoms with E-state index in [1.165, 1.54) is 41.0 Å². The van der Waals surface area contributed by atoms with Gasteiger partial charge in [-0.1, -0.05) is 11.6 Å². The second-order valence-electron chi connectivity index (χ2n) is 5.02. The molecule has 0 aromatic carbocycles. The Morgan fingerprint density at radius 2 is 1.92 bits per heavy atom. The number of halogens is 1. The number of hydrogen-bond donors (Lipinski definition) is 3. The highest BCUT2D eigenvalue weighted by Gasteiger charge is 2.14. The van der Waals surface area contributed by atoms with Gasteiger partial charge in [-0.25, -0.2) is 9.97 Å². The van der Waals surface area contributed by atoms with Gasteiger partial charge in [0.25, 0.3) is 11.8 Å². The van der Waals surface area contributed by atoms with Crippen molar-refractivity contribution in [1.29, 1.82) is 0 Å². The maximum atomic E-state index is 12.1. The Morgan fingerprint density at radius 3 is 2.62 bits per heavy atom. The Morgan fingerprint density at radius 1 is 1.15 bits per heavy atom. The van der Waals surface area contributed by atoms with E-state index in [1.54, 1.807) is 11.4 Å². The van der Waals surface area contributed by atoms with Gasteiger partial charge in [-0.05, 0) is 24.3 Å². The third-order valence-corrected chi connectivity index (χ3v) is 5.46. The number of carbonyl (C=O) groups excluding carboxylic acids is 2. The van der Waals surface area contributed by atoms with Crippen LogP contribution in [-0.4, -0.2) is 40.0 Å². The van der Waals surface area contributed by atoms with E-state index in [9.17, 15) is 14.7 Å². The normalized spacial score (nSPS) is 10.5. The van der Waals surface area contributed by atoms with Gasteiger partial charge in [0.1, 0.15) is 16.5 Å². The lowest BCUT2D eigenvalue weighted by Crippen LogP contribution is -2.35. The molecule has 0 aliphatic heterocycles. The van der Waals surface area contributed by atoms with E-state index in [1.807, 2.05) is 6.07 Å². The number of amides is 2. The lowest BCUT2D eigenvalue weighted by atomic mass is 10.3. The second-order valence-corrected chi connectivity index (χ2v) is 7.60. The van der Waals surface area contributed by atoms with Crippen molar-refractivity contribution in [2.75, 3.05) is 13.1 Å². The number of thiophene rings is 1. The van der Waals surface area contributed by atoms with Crippen LogP contribution in [0.25, 0.3) is 9.88 Å². The van der Waals surface area contributed by atoms with Gasteiger partial charge in [0.05, 0.1) is 9.21 Å². The van der Waals surface area contributed by atoms with Crippen molar-refractivity contribution in [3.63, 3.8) is 0 Å². The van der Waals surface area contributed by atoms with E-state index < -0.39 is 5.91 Å². The van der Waals surface area contributed by atoms with Gasteiger partial charge in [0, 0.05) is 24.7 Å². The summed E-state index contributed by atoms with van der Waals surface area (Å²) >= 11 is 8.66. The van der Waals surface area contributed by atoms with Crippen LogP contribution in [0.15, 0.2) is 35.8 Å². The summed E-state index contributed by atoms with van der Waals surface area (Å²) in [6.45, 7) is 0.411. The van der Waals surface area contributed by atoms with Crippen LogP contribution in [0.2, 0.25) is 4.34 Å². The molecule has 26 heavy (non-hydrogen) atoms. The third-order valence-electron chi connectivity index (χ3n) is 3.22. The van der Waals surface area contributed by atoms with Gasteiger partial charge in [-0.2, -0.15) is 0 Å². The number of aromatic nitrogens is 2. The zero-order chi connectivity index (χ0) is 18.5. The number of rotatable bonds is 6. The fraction of sp³-hybridized carbons (Fsp3) is 0.125. The van der Waals surface area contributed by atoms with E-state index >= 15 is 0 Å². The molecule has 0 spiro atoms. The molecule has 3 aromatic heterocycles. The fourth-order valence-corrected chi connectivity index (χ4v) is 3.93. The number of nitrogens with one attached hydrogen (secondary N) is 2. The molecule has 3 rings (SSSR count). The second kappa shape index (κ2) is 8.26. The van der Waals surface area contributed by atoms with E-state index in [0.717, 1.165) is 9.88 Å². The Labute approximate surface area is 161 Å².